The zero-order chi connectivity index (χ0) is 9.84. The van der Waals surface area contributed by atoms with Crippen LogP contribution < -0.4 is 15.8 Å². The molecule has 0 bridgehead atoms. The van der Waals surface area contributed by atoms with Gasteiger partial charge in [0.2, 0.25) is 0 Å². The highest BCUT2D eigenvalue weighted by atomic mass is 16.5. The van der Waals surface area contributed by atoms with Crippen LogP contribution in [0.1, 0.15) is 10.4 Å². The van der Waals surface area contributed by atoms with Crippen molar-refractivity contribution in [3.05, 3.63) is 23.8 Å². The quantitative estimate of drug-likeness (QED) is 0.724. The molecule has 4 nitrogen and oxygen atoms in total. The number of amides is 1. The van der Waals surface area contributed by atoms with Crippen molar-refractivity contribution in [1.29, 1.82) is 0 Å². The Kier molecular flexibility index (Phi) is 2.74. The summed E-state index contributed by atoms with van der Waals surface area (Å²) in [5.41, 5.74) is 6.26. The number of carbonyl (C=O) groups excluding carboxylic acids is 1. The minimum absolute atomic E-state index is 0.382. The van der Waals surface area contributed by atoms with Crippen molar-refractivity contribution in [3.8, 4) is 5.75 Å². The summed E-state index contributed by atoms with van der Waals surface area (Å²) >= 11 is 0. The SMILES string of the molecule is CNc1cccc(OC)c1C(N)=O. The van der Waals surface area contributed by atoms with E-state index >= 15 is 0 Å². The second kappa shape index (κ2) is 3.80. The van der Waals surface area contributed by atoms with Gasteiger partial charge in [0.15, 0.2) is 0 Å². The lowest BCUT2D eigenvalue weighted by molar-refractivity contribution is 0.0998. The number of hydrogen-bond donors (Lipinski definition) is 2. The lowest BCUT2D eigenvalue weighted by Gasteiger charge is -2.09. The number of benzene rings is 1. The molecule has 0 aromatic heterocycles. The molecule has 1 rings (SSSR count). The molecule has 0 heterocycles. The Morgan fingerprint density at radius 1 is 1.54 bits per heavy atom. The Morgan fingerprint density at radius 3 is 2.69 bits per heavy atom. The van der Waals surface area contributed by atoms with Crippen molar-refractivity contribution in [2.75, 3.05) is 19.5 Å². The molecule has 1 amide bonds. The molecule has 4 heteroatoms. The largest absolute Gasteiger partial charge is 0.496 e. The fourth-order valence-corrected chi connectivity index (χ4v) is 1.16. The van der Waals surface area contributed by atoms with Crippen molar-refractivity contribution < 1.29 is 9.53 Å². The van der Waals surface area contributed by atoms with Gasteiger partial charge in [-0.15, -0.1) is 0 Å². The van der Waals surface area contributed by atoms with Gasteiger partial charge < -0.3 is 15.8 Å². The van der Waals surface area contributed by atoms with Crippen molar-refractivity contribution in [3.63, 3.8) is 0 Å². The van der Waals surface area contributed by atoms with E-state index in [0.717, 1.165) is 0 Å². The summed E-state index contributed by atoms with van der Waals surface area (Å²) in [7, 11) is 3.22. The van der Waals surface area contributed by atoms with Crippen LogP contribution in [0.15, 0.2) is 18.2 Å². The number of carbonyl (C=O) groups is 1. The van der Waals surface area contributed by atoms with E-state index in [1.165, 1.54) is 7.11 Å². The molecule has 0 aliphatic rings. The monoisotopic (exact) mass is 180 g/mol. The highest BCUT2D eigenvalue weighted by Gasteiger charge is 2.12. The van der Waals surface area contributed by atoms with Crippen LogP contribution in [0.5, 0.6) is 5.75 Å². The highest BCUT2D eigenvalue weighted by Crippen LogP contribution is 2.25. The van der Waals surface area contributed by atoms with Crippen LogP contribution in [0.25, 0.3) is 0 Å². The van der Waals surface area contributed by atoms with E-state index < -0.39 is 5.91 Å². The summed E-state index contributed by atoms with van der Waals surface area (Å²) in [6.07, 6.45) is 0. The summed E-state index contributed by atoms with van der Waals surface area (Å²) in [5, 5.41) is 2.87. The summed E-state index contributed by atoms with van der Waals surface area (Å²) < 4.78 is 5.01. The number of rotatable bonds is 3. The topological polar surface area (TPSA) is 64.3 Å². The molecule has 0 aliphatic carbocycles. The molecule has 0 radical (unpaired) electrons. The Hall–Kier alpha value is -1.71. The van der Waals surface area contributed by atoms with E-state index in [2.05, 4.69) is 5.32 Å². The highest BCUT2D eigenvalue weighted by molar-refractivity contribution is 6.01. The van der Waals surface area contributed by atoms with Gasteiger partial charge in [0.05, 0.1) is 12.8 Å². The number of nitrogens with two attached hydrogens (primary N) is 1. The standard InChI is InChI=1S/C9H12N2O2/c1-11-6-4-3-5-7(13-2)8(6)9(10)12/h3-5,11H,1-2H3,(H2,10,12). The van der Waals surface area contributed by atoms with Crippen LogP contribution in [-0.2, 0) is 0 Å². The minimum atomic E-state index is -0.498. The first kappa shape index (κ1) is 9.38. The molecular formula is C9H12N2O2. The lowest BCUT2D eigenvalue weighted by Crippen LogP contribution is -2.14. The van der Waals surface area contributed by atoms with Crippen molar-refractivity contribution >= 4 is 11.6 Å². The average molecular weight is 180 g/mol. The number of hydrogen-bond acceptors (Lipinski definition) is 3. The van der Waals surface area contributed by atoms with Crippen LogP contribution >= 0.6 is 0 Å². The third-order valence-corrected chi connectivity index (χ3v) is 1.76. The molecule has 1 aromatic rings. The van der Waals surface area contributed by atoms with E-state index in [1.54, 1.807) is 25.2 Å². The van der Waals surface area contributed by atoms with Gasteiger partial charge in [-0.1, -0.05) is 6.07 Å². The molecule has 0 saturated carbocycles. The summed E-state index contributed by atoms with van der Waals surface area (Å²) in [4.78, 5) is 11.1. The zero-order valence-electron chi connectivity index (χ0n) is 7.63. The van der Waals surface area contributed by atoms with Gasteiger partial charge >= 0.3 is 0 Å². The Morgan fingerprint density at radius 2 is 2.23 bits per heavy atom. The van der Waals surface area contributed by atoms with Crippen molar-refractivity contribution in [2.24, 2.45) is 5.73 Å². The third-order valence-electron chi connectivity index (χ3n) is 1.76. The first-order valence-corrected chi connectivity index (χ1v) is 3.85. The number of methoxy groups -OCH3 is 1. The summed E-state index contributed by atoms with van der Waals surface area (Å²) in [5.74, 6) is -0.0128. The van der Waals surface area contributed by atoms with Crippen molar-refractivity contribution in [2.45, 2.75) is 0 Å². The number of anilines is 1. The molecule has 0 unspecified atom stereocenters. The molecule has 0 fully saturated rings. The summed E-state index contributed by atoms with van der Waals surface area (Å²) in [6, 6.07) is 5.25. The molecular weight excluding hydrogens is 168 g/mol. The first-order valence-electron chi connectivity index (χ1n) is 3.85. The number of ether oxygens (including phenoxy) is 1. The van der Waals surface area contributed by atoms with E-state index in [0.29, 0.717) is 17.0 Å². The van der Waals surface area contributed by atoms with Gasteiger partial charge in [-0.05, 0) is 12.1 Å². The molecule has 0 atom stereocenters. The van der Waals surface area contributed by atoms with Gasteiger partial charge in [-0.2, -0.15) is 0 Å². The predicted molar refractivity (Wildman–Crippen MR) is 51.1 cm³/mol. The van der Waals surface area contributed by atoms with Crippen LogP contribution in [0.3, 0.4) is 0 Å². The Balaban J connectivity index is 3.29. The molecule has 13 heavy (non-hydrogen) atoms. The second-order valence-electron chi connectivity index (χ2n) is 2.50. The maximum Gasteiger partial charge on any atom is 0.254 e. The van der Waals surface area contributed by atoms with E-state index in [4.69, 9.17) is 10.5 Å². The van der Waals surface area contributed by atoms with Gasteiger partial charge in [-0.3, -0.25) is 4.79 Å². The maximum absolute atomic E-state index is 11.1. The van der Waals surface area contributed by atoms with Crippen molar-refractivity contribution in [1.82, 2.24) is 0 Å². The Bertz CT molecular complexity index is 301. The molecule has 1 aromatic carbocycles. The molecule has 70 valence electrons. The fraction of sp³-hybridized carbons (Fsp3) is 0.222. The van der Waals surface area contributed by atoms with Crippen LogP contribution in [0, 0.1) is 0 Å². The van der Waals surface area contributed by atoms with Crippen LogP contribution in [0.4, 0.5) is 5.69 Å². The number of primary amides is 1. The van der Waals surface area contributed by atoms with Crippen LogP contribution in [0.2, 0.25) is 0 Å². The first-order chi connectivity index (χ1) is 6.20. The van der Waals surface area contributed by atoms with Gasteiger partial charge in [0.25, 0.3) is 5.91 Å². The fourth-order valence-electron chi connectivity index (χ4n) is 1.16. The van der Waals surface area contributed by atoms with Gasteiger partial charge in [0.1, 0.15) is 11.3 Å². The van der Waals surface area contributed by atoms with E-state index in [-0.39, 0.29) is 0 Å². The predicted octanol–water partition coefficient (Wildman–Crippen LogP) is 0.836. The molecule has 0 saturated heterocycles. The smallest absolute Gasteiger partial charge is 0.254 e. The van der Waals surface area contributed by atoms with Gasteiger partial charge in [0, 0.05) is 7.05 Å². The Labute approximate surface area is 76.7 Å². The molecule has 3 N–H and O–H groups in total. The zero-order valence-corrected chi connectivity index (χ0v) is 7.63. The lowest BCUT2D eigenvalue weighted by atomic mass is 10.1. The molecule has 0 spiro atoms. The number of nitrogens with one attached hydrogen (secondary N) is 1. The van der Waals surface area contributed by atoms with E-state index in [9.17, 15) is 4.79 Å². The normalized spacial score (nSPS) is 9.38. The van der Waals surface area contributed by atoms with Gasteiger partial charge in [-0.25, -0.2) is 0 Å². The minimum Gasteiger partial charge on any atom is -0.496 e. The maximum atomic E-state index is 11.1. The molecule has 0 aliphatic heterocycles. The van der Waals surface area contributed by atoms with E-state index in [1.807, 2.05) is 0 Å². The average Bonchev–Trinajstić information content (AvgIpc) is 2.16. The summed E-state index contributed by atoms with van der Waals surface area (Å²) in [6.45, 7) is 0. The van der Waals surface area contributed by atoms with Crippen LogP contribution in [-0.4, -0.2) is 20.1 Å². The second-order valence-corrected chi connectivity index (χ2v) is 2.50. The third kappa shape index (κ3) is 1.72.